The van der Waals surface area contributed by atoms with E-state index in [9.17, 15) is 4.79 Å². The van der Waals surface area contributed by atoms with Crippen LogP contribution in [0.4, 0.5) is 0 Å². The molecule has 0 aliphatic rings. The van der Waals surface area contributed by atoms with Gasteiger partial charge in [0.15, 0.2) is 0 Å². The van der Waals surface area contributed by atoms with E-state index < -0.39 is 5.97 Å². The maximum atomic E-state index is 10.6. The van der Waals surface area contributed by atoms with Gasteiger partial charge >= 0.3 is 5.97 Å². The van der Waals surface area contributed by atoms with Crippen molar-refractivity contribution in [3.63, 3.8) is 0 Å². The molecule has 4 heteroatoms. The van der Waals surface area contributed by atoms with Crippen molar-refractivity contribution in [1.82, 2.24) is 10.2 Å². The highest BCUT2D eigenvalue weighted by Gasteiger charge is 2.08. The maximum absolute atomic E-state index is 10.6. The first kappa shape index (κ1) is 8.64. The van der Waals surface area contributed by atoms with Crippen LogP contribution < -0.4 is 0 Å². The number of carbonyl (C=O) groups is 1. The van der Waals surface area contributed by atoms with E-state index in [4.69, 9.17) is 5.11 Å². The van der Waals surface area contributed by atoms with Gasteiger partial charge in [0.05, 0.1) is 17.0 Å². The van der Waals surface area contributed by atoms with Crippen molar-refractivity contribution in [1.29, 1.82) is 0 Å². The van der Waals surface area contributed by atoms with Crippen LogP contribution in [-0.2, 0) is 6.42 Å². The van der Waals surface area contributed by atoms with Crippen molar-refractivity contribution in [3.8, 4) is 0 Å². The molecule has 1 aromatic rings. The van der Waals surface area contributed by atoms with Crippen molar-refractivity contribution >= 4 is 5.97 Å². The Balaban J connectivity index is 3.17. The Bertz CT molecular complexity index is 310. The lowest BCUT2D eigenvalue weighted by atomic mass is 10.2. The number of carboxylic acid groups (broad SMARTS) is 1. The van der Waals surface area contributed by atoms with Gasteiger partial charge in [-0.15, -0.1) is 0 Å². The third-order valence-corrected chi connectivity index (χ3v) is 1.62. The van der Waals surface area contributed by atoms with Gasteiger partial charge in [0.25, 0.3) is 0 Å². The molecule has 0 radical (unpaired) electrons. The molecule has 0 fully saturated rings. The summed E-state index contributed by atoms with van der Waals surface area (Å²) < 4.78 is 0. The monoisotopic (exact) mass is 166 g/mol. The number of aromatic carboxylic acids is 1. The Hall–Kier alpha value is -1.45. The predicted octanol–water partition coefficient (Wildman–Crippen LogP) is 1.05. The fraction of sp³-hybridized carbons (Fsp3) is 0.375. The fourth-order valence-electron chi connectivity index (χ4n) is 0.882. The molecule has 64 valence electrons. The molecule has 0 aromatic carbocycles. The zero-order chi connectivity index (χ0) is 9.14. The maximum Gasteiger partial charge on any atom is 0.337 e. The first-order chi connectivity index (χ1) is 5.65. The molecular formula is C8H10N2O2. The minimum Gasteiger partial charge on any atom is -0.478 e. The predicted molar refractivity (Wildman–Crippen MR) is 43.1 cm³/mol. The van der Waals surface area contributed by atoms with Crippen molar-refractivity contribution in [2.75, 3.05) is 0 Å². The van der Waals surface area contributed by atoms with Crippen LogP contribution in [0, 0.1) is 6.92 Å². The largest absolute Gasteiger partial charge is 0.478 e. The van der Waals surface area contributed by atoms with E-state index in [0.29, 0.717) is 17.8 Å². The summed E-state index contributed by atoms with van der Waals surface area (Å²) in [5.41, 5.74) is 1.40. The van der Waals surface area contributed by atoms with E-state index in [1.165, 1.54) is 0 Å². The summed E-state index contributed by atoms with van der Waals surface area (Å²) in [6, 6.07) is 1.56. The van der Waals surface area contributed by atoms with Gasteiger partial charge in [-0.2, -0.15) is 10.2 Å². The van der Waals surface area contributed by atoms with Gasteiger partial charge in [-0.1, -0.05) is 6.92 Å². The molecule has 12 heavy (non-hydrogen) atoms. The number of hydrogen-bond acceptors (Lipinski definition) is 3. The molecule has 0 bridgehead atoms. The summed E-state index contributed by atoms with van der Waals surface area (Å²) in [6.45, 7) is 3.54. The van der Waals surface area contributed by atoms with E-state index >= 15 is 0 Å². The van der Waals surface area contributed by atoms with Crippen molar-refractivity contribution in [3.05, 3.63) is 23.0 Å². The topological polar surface area (TPSA) is 63.1 Å². The highest BCUT2D eigenvalue weighted by atomic mass is 16.4. The van der Waals surface area contributed by atoms with Crippen LogP contribution in [0.5, 0.6) is 0 Å². The van der Waals surface area contributed by atoms with Crippen LogP contribution in [0.3, 0.4) is 0 Å². The Kier molecular flexibility index (Phi) is 2.38. The van der Waals surface area contributed by atoms with Crippen LogP contribution in [0.1, 0.15) is 28.7 Å². The summed E-state index contributed by atoms with van der Waals surface area (Å²) in [5, 5.41) is 16.3. The molecule has 0 aliphatic carbocycles. The second-order valence-corrected chi connectivity index (χ2v) is 2.49. The Labute approximate surface area is 70.3 Å². The third kappa shape index (κ3) is 1.58. The van der Waals surface area contributed by atoms with Crippen LogP contribution in [0.2, 0.25) is 0 Å². The van der Waals surface area contributed by atoms with Crippen LogP contribution in [0.25, 0.3) is 0 Å². The Morgan fingerprint density at radius 1 is 1.58 bits per heavy atom. The second kappa shape index (κ2) is 3.30. The fourth-order valence-corrected chi connectivity index (χ4v) is 0.882. The Morgan fingerprint density at radius 2 is 2.25 bits per heavy atom. The highest BCUT2D eigenvalue weighted by molar-refractivity contribution is 5.88. The zero-order valence-corrected chi connectivity index (χ0v) is 7.03. The summed E-state index contributed by atoms with van der Waals surface area (Å²) >= 11 is 0. The number of rotatable bonds is 2. The first-order valence-corrected chi connectivity index (χ1v) is 3.71. The molecule has 1 rings (SSSR count). The lowest BCUT2D eigenvalue weighted by Crippen LogP contribution is -2.05. The van der Waals surface area contributed by atoms with Crippen molar-refractivity contribution in [2.24, 2.45) is 0 Å². The molecule has 0 unspecified atom stereocenters. The lowest BCUT2D eigenvalue weighted by molar-refractivity contribution is 0.0695. The number of aromatic nitrogens is 2. The minimum atomic E-state index is -0.947. The second-order valence-electron chi connectivity index (χ2n) is 2.49. The number of nitrogens with zero attached hydrogens (tertiary/aromatic N) is 2. The average molecular weight is 166 g/mol. The standard InChI is InChI=1S/C8H10N2O2/c1-3-6-4-7(8(11)12)5(2)9-10-6/h4H,3H2,1-2H3,(H,11,12). The quantitative estimate of drug-likeness (QED) is 0.713. The molecule has 1 heterocycles. The summed E-state index contributed by atoms with van der Waals surface area (Å²) in [5.74, 6) is -0.947. The summed E-state index contributed by atoms with van der Waals surface area (Å²) in [4.78, 5) is 10.6. The Morgan fingerprint density at radius 3 is 2.75 bits per heavy atom. The van der Waals surface area contributed by atoms with E-state index in [-0.39, 0.29) is 5.56 Å². The molecule has 1 N–H and O–H groups in total. The van der Waals surface area contributed by atoms with E-state index in [1.807, 2.05) is 6.92 Å². The normalized spacial score (nSPS) is 9.83. The van der Waals surface area contributed by atoms with E-state index in [0.717, 1.165) is 0 Å². The molecule has 0 atom stereocenters. The van der Waals surface area contributed by atoms with Gasteiger partial charge in [0.1, 0.15) is 0 Å². The number of aryl methyl sites for hydroxylation is 2. The number of hydrogen-bond donors (Lipinski definition) is 1. The molecule has 0 saturated heterocycles. The average Bonchev–Trinajstić information content (AvgIpc) is 2.05. The summed E-state index contributed by atoms with van der Waals surface area (Å²) in [7, 11) is 0. The molecule has 0 saturated carbocycles. The van der Waals surface area contributed by atoms with Gasteiger partial charge in [-0.3, -0.25) is 0 Å². The van der Waals surface area contributed by atoms with Crippen molar-refractivity contribution < 1.29 is 9.90 Å². The first-order valence-electron chi connectivity index (χ1n) is 3.71. The molecule has 4 nitrogen and oxygen atoms in total. The van der Waals surface area contributed by atoms with Crippen LogP contribution in [-0.4, -0.2) is 21.3 Å². The molecule has 0 spiro atoms. The summed E-state index contributed by atoms with van der Waals surface area (Å²) in [6.07, 6.45) is 0.702. The van der Waals surface area contributed by atoms with Gasteiger partial charge < -0.3 is 5.11 Å². The van der Waals surface area contributed by atoms with E-state index in [2.05, 4.69) is 10.2 Å². The van der Waals surface area contributed by atoms with Gasteiger partial charge in [0.2, 0.25) is 0 Å². The van der Waals surface area contributed by atoms with Crippen molar-refractivity contribution in [2.45, 2.75) is 20.3 Å². The molecule has 0 amide bonds. The minimum absolute atomic E-state index is 0.238. The SMILES string of the molecule is CCc1cc(C(=O)O)c(C)nn1. The third-order valence-electron chi connectivity index (χ3n) is 1.62. The highest BCUT2D eigenvalue weighted by Crippen LogP contribution is 2.05. The lowest BCUT2D eigenvalue weighted by Gasteiger charge is -1.99. The smallest absolute Gasteiger partial charge is 0.337 e. The molecule has 1 aromatic heterocycles. The molecule has 0 aliphatic heterocycles. The van der Waals surface area contributed by atoms with Gasteiger partial charge in [-0.05, 0) is 19.4 Å². The molecular weight excluding hydrogens is 156 g/mol. The van der Waals surface area contributed by atoms with Gasteiger partial charge in [-0.25, -0.2) is 4.79 Å². The van der Waals surface area contributed by atoms with Crippen LogP contribution >= 0.6 is 0 Å². The number of carboxylic acids is 1. The van der Waals surface area contributed by atoms with Crippen LogP contribution in [0.15, 0.2) is 6.07 Å². The zero-order valence-electron chi connectivity index (χ0n) is 7.03. The van der Waals surface area contributed by atoms with E-state index in [1.54, 1.807) is 13.0 Å². The van der Waals surface area contributed by atoms with Gasteiger partial charge in [0, 0.05) is 0 Å².